The van der Waals surface area contributed by atoms with Crippen molar-refractivity contribution in [3.8, 4) is 0 Å². The van der Waals surface area contributed by atoms with Gasteiger partial charge in [0.05, 0.1) is 11.7 Å². The summed E-state index contributed by atoms with van der Waals surface area (Å²) in [4.78, 5) is 0. The molecule has 1 N–H and O–H groups in total. The number of nitrogens with zero attached hydrogens (tertiary/aromatic N) is 2. The van der Waals surface area contributed by atoms with E-state index in [4.69, 9.17) is 0 Å². The SMILES string of the molecule is CCn1nc(C)c(C(C)Nc2cccc(C(C)C)c2)c1C. The van der Waals surface area contributed by atoms with Crippen LogP contribution in [-0.4, -0.2) is 9.78 Å². The molecule has 1 atom stereocenters. The lowest BCUT2D eigenvalue weighted by molar-refractivity contribution is 0.632. The number of benzene rings is 1. The first-order valence-corrected chi connectivity index (χ1v) is 7.84. The van der Waals surface area contributed by atoms with Crippen molar-refractivity contribution in [3.05, 3.63) is 46.8 Å². The molecule has 1 heterocycles. The van der Waals surface area contributed by atoms with Crippen LogP contribution in [0.2, 0.25) is 0 Å². The zero-order valence-electron chi connectivity index (χ0n) is 14.1. The molecule has 114 valence electrons. The first-order chi connectivity index (χ1) is 9.93. The molecule has 0 aliphatic heterocycles. The lowest BCUT2D eigenvalue weighted by atomic mass is 10.0. The number of anilines is 1. The van der Waals surface area contributed by atoms with Gasteiger partial charge in [0.2, 0.25) is 0 Å². The Bertz CT molecular complexity index is 611. The lowest BCUT2D eigenvalue weighted by Crippen LogP contribution is -2.09. The van der Waals surface area contributed by atoms with Gasteiger partial charge < -0.3 is 5.32 Å². The molecule has 0 radical (unpaired) electrons. The molecule has 0 aliphatic rings. The Morgan fingerprint density at radius 2 is 1.90 bits per heavy atom. The highest BCUT2D eigenvalue weighted by atomic mass is 15.3. The molecule has 2 aromatic rings. The smallest absolute Gasteiger partial charge is 0.0649 e. The number of hydrogen-bond acceptors (Lipinski definition) is 2. The van der Waals surface area contributed by atoms with Crippen LogP contribution in [0.1, 0.15) is 62.2 Å². The van der Waals surface area contributed by atoms with Crippen molar-refractivity contribution in [1.29, 1.82) is 0 Å². The van der Waals surface area contributed by atoms with E-state index in [1.54, 1.807) is 0 Å². The summed E-state index contributed by atoms with van der Waals surface area (Å²) in [6, 6.07) is 8.95. The highest BCUT2D eigenvalue weighted by Gasteiger charge is 2.17. The summed E-state index contributed by atoms with van der Waals surface area (Å²) < 4.78 is 2.08. The maximum atomic E-state index is 4.61. The molecule has 1 aromatic heterocycles. The van der Waals surface area contributed by atoms with E-state index in [1.807, 2.05) is 0 Å². The summed E-state index contributed by atoms with van der Waals surface area (Å²) in [5.41, 5.74) is 6.23. The number of aromatic nitrogens is 2. The van der Waals surface area contributed by atoms with Crippen LogP contribution in [0.5, 0.6) is 0 Å². The van der Waals surface area contributed by atoms with Gasteiger partial charge in [0, 0.05) is 23.5 Å². The van der Waals surface area contributed by atoms with Gasteiger partial charge in [-0.2, -0.15) is 5.10 Å². The lowest BCUT2D eigenvalue weighted by Gasteiger charge is -2.17. The third-order valence-electron chi connectivity index (χ3n) is 4.11. The molecule has 0 amide bonds. The largest absolute Gasteiger partial charge is 0.378 e. The maximum Gasteiger partial charge on any atom is 0.0649 e. The Balaban J connectivity index is 2.24. The zero-order valence-corrected chi connectivity index (χ0v) is 14.1. The summed E-state index contributed by atoms with van der Waals surface area (Å²) in [5.74, 6) is 0.549. The fourth-order valence-electron chi connectivity index (χ4n) is 2.96. The molecule has 0 saturated heterocycles. The van der Waals surface area contributed by atoms with Crippen molar-refractivity contribution in [2.45, 2.75) is 60.0 Å². The molecule has 0 bridgehead atoms. The van der Waals surface area contributed by atoms with Gasteiger partial charge in [-0.3, -0.25) is 4.68 Å². The third kappa shape index (κ3) is 3.29. The highest BCUT2D eigenvalue weighted by molar-refractivity contribution is 5.49. The quantitative estimate of drug-likeness (QED) is 0.853. The van der Waals surface area contributed by atoms with E-state index < -0.39 is 0 Å². The van der Waals surface area contributed by atoms with Gasteiger partial charge in [-0.1, -0.05) is 26.0 Å². The summed E-state index contributed by atoms with van der Waals surface area (Å²) in [5, 5.41) is 8.23. The van der Waals surface area contributed by atoms with Crippen LogP contribution < -0.4 is 5.32 Å². The summed E-state index contributed by atoms with van der Waals surface area (Å²) >= 11 is 0. The minimum Gasteiger partial charge on any atom is -0.378 e. The third-order valence-corrected chi connectivity index (χ3v) is 4.11. The van der Waals surface area contributed by atoms with E-state index in [9.17, 15) is 0 Å². The van der Waals surface area contributed by atoms with E-state index in [2.05, 4.69) is 80.9 Å². The first-order valence-electron chi connectivity index (χ1n) is 7.84. The monoisotopic (exact) mass is 285 g/mol. The normalized spacial score (nSPS) is 12.7. The molecule has 0 fully saturated rings. The second kappa shape index (κ2) is 6.33. The second-order valence-electron chi connectivity index (χ2n) is 6.05. The van der Waals surface area contributed by atoms with E-state index >= 15 is 0 Å². The molecular formula is C18H27N3. The van der Waals surface area contributed by atoms with E-state index in [0.717, 1.165) is 12.2 Å². The molecular weight excluding hydrogens is 258 g/mol. The molecule has 0 aliphatic carbocycles. The summed E-state index contributed by atoms with van der Waals surface area (Å²) in [6.45, 7) is 14.0. The molecule has 21 heavy (non-hydrogen) atoms. The second-order valence-corrected chi connectivity index (χ2v) is 6.05. The number of rotatable bonds is 5. The van der Waals surface area contributed by atoms with Crippen LogP contribution in [0, 0.1) is 13.8 Å². The molecule has 1 aromatic carbocycles. The topological polar surface area (TPSA) is 29.9 Å². The molecule has 0 spiro atoms. The van der Waals surface area contributed by atoms with Gasteiger partial charge in [-0.15, -0.1) is 0 Å². The maximum absolute atomic E-state index is 4.61. The first kappa shape index (κ1) is 15.6. The van der Waals surface area contributed by atoms with E-state index in [1.165, 1.54) is 22.5 Å². The molecule has 3 heteroatoms. The van der Waals surface area contributed by atoms with Crippen LogP contribution in [0.4, 0.5) is 5.69 Å². The van der Waals surface area contributed by atoms with Gasteiger partial charge in [0.1, 0.15) is 0 Å². The van der Waals surface area contributed by atoms with Crippen LogP contribution in [0.3, 0.4) is 0 Å². The van der Waals surface area contributed by atoms with Gasteiger partial charge >= 0.3 is 0 Å². The van der Waals surface area contributed by atoms with Crippen molar-refractivity contribution >= 4 is 5.69 Å². The van der Waals surface area contributed by atoms with Crippen molar-refractivity contribution in [2.75, 3.05) is 5.32 Å². The molecule has 3 nitrogen and oxygen atoms in total. The predicted molar refractivity (Wildman–Crippen MR) is 89.9 cm³/mol. The van der Waals surface area contributed by atoms with E-state index in [0.29, 0.717) is 5.92 Å². The van der Waals surface area contributed by atoms with Crippen LogP contribution in [0.25, 0.3) is 0 Å². The predicted octanol–water partition coefficient (Wildman–Crippen LogP) is 4.82. The van der Waals surface area contributed by atoms with Gasteiger partial charge in [0.25, 0.3) is 0 Å². The van der Waals surface area contributed by atoms with Gasteiger partial charge in [-0.05, 0) is 51.3 Å². The average molecular weight is 285 g/mol. The van der Waals surface area contributed by atoms with Gasteiger partial charge in [0.15, 0.2) is 0 Å². The van der Waals surface area contributed by atoms with Crippen molar-refractivity contribution in [3.63, 3.8) is 0 Å². The Morgan fingerprint density at radius 3 is 2.48 bits per heavy atom. The van der Waals surface area contributed by atoms with Crippen LogP contribution >= 0.6 is 0 Å². The van der Waals surface area contributed by atoms with Crippen molar-refractivity contribution < 1.29 is 0 Å². The number of nitrogens with one attached hydrogen (secondary N) is 1. The molecule has 0 saturated carbocycles. The van der Waals surface area contributed by atoms with Crippen molar-refractivity contribution in [1.82, 2.24) is 9.78 Å². The fraction of sp³-hybridized carbons (Fsp3) is 0.500. The average Bonchev–Trinajstić information content (AvgIpc) is 2.73. The number of hydrogen-bond donors (Lipinski definition) is 1. The number of aryl methyl sites for hydroxylation is 2. The fourth-order valence-corrected chi connectivity index (χ4v) is 2.96. The van der Waals surface area contributed by atoms with Crippen LogP contribution in [0.15, 0.2) is 24.3 Å². The highest BCUT2D eigenvalue weighted by Crippen LogP contribution is 2.26. The minimum absolute atomic E-state index is 0.257. The molecule has 1 unspecified atom stereocenters. The minimum atomic E-state index is 0.257. The van der Waals surface area contributed by atoms with Gasteiger partial charge in [-0.25, -0.2) is 0 Å². The zero-order chi connectivity index (χ0) is 15.6. The van der Waals surface area contributed by atoms with Crippen LogP contribution in [-0.2, 0) is 6.54 Å². The Labute approximate surface area is 128 Å². The van der Waals surface area contributed by atoms with Crippen molar-refractivity contribution in [2.24, 2.45) is 0 Å². The Morgan fingerprint density at radius 1 is 1.19 bits per heavy atom. The Hall–Kier alpha value is -1.77. The Kier molecular flexibility index (Phi) is 4.71. The standard InChI is InChI=1S/C18H27N3/c1-7-21-15(6)18(14(5)20-21)13(4)19-17-10-8-9-16(11-17)12(2)3/h8-13,19H,7H2,1-6H3. The summed E-state index contributed by atoms with van der Waals surface area (Å²) in [7, 11) is 0. The van der Waals surface area contributed by atoms with E-state index in [-0.39, 0.29) is 6.04 Å². The molecule has 2 rings (SSSR count). The summed E-state index contributed by atoms with van der Waals surface area (Å²) in [6.07, 6.45) is 0.